The van der Waals surface area contributed by atoms with Gasteiger partial charge in [-0.1, -0.05) is 37.6 Å². The first-order valence-electron chi connectivity index (χ1n) is 7.72. The molecule has 4 heteroatoms. The first kappa shape index (κ1) is 16.9. The van der Waals surface area contributed by atoms with E-state index in [-0.39, 0.29) is 23.7 Å². The molecule has 0 spiro atoms. The summed E-state index contributed by atoms with van der Waals surface area (Å²) < 4.78 is 17.9. The van der Waals surface area contributed by atoms with Gasteiger partial charge in [0.25, 0.3) is 0 Å². The van der Waals surface area contributed by atoms with Gasteiger partial charge in [-0.25, -0.2) is 4.21 Å². The van der Waals surface area contributed by atoms with E-state index < -0.39 is 10.8 Å². The molecular formula is C18H24O3S. The van der Waals surface area contributed by atoms with Gasteiger partial charge in [0.1, 0.15) is 0 Å². The number of carbonyl (C=O) groups is 1. The zero-order valence-corrected chi connectivity index (χ0v) is 14.5. The number of carbonyl (C=O) groups excluding carboxylic acids is 1. The number of hydrogen-bond acceptors (Lipinski definition) is 3. The van der Waals surface area contributed by atoms with Crippen LogP contribution in [0.3, 0.4) is 0 Å². The van der Waals surface area contributed by atoms with Crippen LogP contribution in [0.2, 0.25) is 0 Å². The number of ether oxygens (including phenoxy) is 1. The first-order valence-corrected chi connectivity index (χ1v) is 8.87. The van der Waals surface area contributed by atoms with Gasteiger partial charge in [-0.05, 0) is 37.8 Å². The first-order chi connectivity index (χ1) is 10.5. The molecule has 0 saturated carbocycles. The SMILES string of the molecule is COC(=O)[C@H](C(C)C)[C@H]1CCC=C1[S@@](=O)c1ccc(C)cc1. The van der Waals surface area contributed by atoms with E-state index in [2.05, 4.69) is 0 Å². The molecule has 0 unspecified atom stereocenters. The van der Waals surface area contributed by atoms with E-state index in [4.69, 9.17) is 4.74 Å². The van der Waals surface area contributed by atoms with E-state index in [1.807, 2.05) is 51.1 Å². The van der Waals surface area contributed by atoms with Gasteiger partial charge in [-0.2, -0.15) is 0 Å². The molecule has 0 N–H and O–H groups in total. The quantitative estimate of drug-likeness (QED) is 0.774. The molecule has 1 aliphatic rings. The Hall–Kier alpha value is -1.42. The topological polar surface area (TPSA) is 43.4 Å². The summed E-state index contributed by atoms with van der Waals surface area (Å²) in [6, 6.07) is 7.75. The molecule has 0 aliphatic heterocycles. The van der Waals surface area contributed by atoms with E-state index in [1.165, 1.54) is 7.11 Å². The minimum Gasteiger partial charge on any atom is -0.469 e. The second-order valence-corrected chi connectivity index (χ2v) is 7.65. The number of methoxy groups -OCH3 is 1. The van der Waals surface area contributed by atoms with Crippen LogP contribution in [0.15, 0.2) is 40.1 Å². The van der Waals surface area contributed by atoms with Crippen molar-refractivity contribution < 1.29 is 13.7 Å². The number of rotatable bonds is 5. The van der Waals surface area contributed by atoms with Crippen LogP contribution in [0.5, 0.6) is 0 Å². The van der Waals surface area contributed by atoms with Crippen LogP contribution >= 0.6 is 0 Å². The minimum absolute atomic E-state index is 0.00888. The molecule has 0 bridgehead atoms. The number of allylic oxidation sites excluding steroid dienone is 2. The molecule has 0 radical (unpaired) electrons. The molecule has 0 fully saturated rings. The van der Waals surface area contributed by atoms with Crippen molar-refractivity contribution in [3.8, 4) is 0 Å². The Labute approximate surface area is 135 Å². The van der Waals surface area contributed by atoms with E-state index in [0.29, 0.717) is 0 Å². The van der Waals surface area contributed by atoms with Crippen LogP contribution in [-0.2, 0) is 20.3 Å². The highest BCUT2D eigenvalue weighted by molar-refractivity contribution is 7.89. The normalized spacial score (nSPS) is 20.6. The van der Waals surface area contributed by atoms with Crippen LogP contribution in [0, 0.1) is 24.7 Å². The summed E-state index contributed by atoms with van der Waals surface area (Å²) in [4.78, 5) is 13.8. The Bertz CT molecular complexity index is 587. The van der Waals surface area contributed by atoms with Gasteiger partial charge in [0, 0.05) is 15.7 Å². The number of esters is 1. The van der Waals surface area contributed by atoms with Crippen molar-refractivity contribution in [1.29, 1.82) is 0 Å². The van der Waals surface area contributed by atoms with Gasteiger partial charge >= 0.3 is 5.97 Å². The Morgan fingerprint density at radius 3 is 2.45 bits per heavy atom. The largest absolute Gasteiger partial charge is 0.469 e. The fourth-order valence-electron chi connectivity index (χ4n) is 3.10. The lowest BCUT2D eigenvalue weighted by Gasteiger charge is -2.26. The van der Waals surface area contributed by atoms with E-state index in [0.717, 1.165) is 28.2 Å². The predicted octanol–water partition coefficient (Wildman–Crippen LogP) is 3.84. The average Bonchev–Trinajstić information content (AvgIpc) is 2.96. The molecule has 0 heterocycles. The highest BCUT2D eigenvalue weighted by Gasteiger charge is 2.38. The lowest BCUT2D eigenvalue weighted by molar-refractivity contribution is -0.148. The molecule has 3 nitrogen and oxygen atoms in total. The predicted molar refractivity (Wildman–Crippen MR) is 88.7 cm³/mol. The summed E-state index contributed by atoms with van der Waals surface area (Å²) in [7, 11) is 0.224. The van der Waals surface area contributed by atoms with Gasteiger partial charge < -0.3 is 4.74 Å². The molecule has 1 aromatic rings. The van der Waals surface area contributed by atoms with Gasteiger partial charge in [0.05, 0.1) is 23.8 Å². The lowest BCUT2D eigenvalue weighted by Crippen LogP contribution is -2.30. The summed E-state index contributed by atoms with van der Waals surface area (Å²) in [5, 5.41) is 0. The third-order valence-corrected chi connectivity index (χ3v) is 5.86. The van der Waals surface area contributed by atoms with E-state index in [1.54, 1.807) is 0 Å². The van der Waals surface area contributed by atoms with Crippen LogP contribution in [0.4, 0.5) is 0 Å². The number of aryl methyl sites for hydroxylation is 1. The summed E-state index contributed by atoms with van der Waals surface area (Å²) in [6.45, 7) is 6.05. The molecule has 0 amide bonds. The maximum absolute atomic E-state index is 12.9. The van der Waals surface area contributed by atoms with Gasteiger partial charge in [-0.3, -0.25) is 4.79 Å². The van der Waals surface area contributed by atoms with Gasteiger partial charge in [-0.15, -0.1) is 0 Å². The van der Waals surface area contributed by atoms with Crippen molar-refractivity contribution in [2.75, 3.05) is 7.11 Å². The fraction of sp³-hybridized carbons (Fsp3) is 0.500. The smallest absolute Gasteiger partial charge is 0.309 e. The molecular weight excluding hydrogens is 296 g/mol. The van der Waals surface area contributed by atoms with Crippen LogP contribution in [0.1, 0.15) is 32.3 Å². The Morgan fingerprint density at radius 1 is 1.27 bits per heavy atom. The third-order valence-electron chi connectivity index (χ3n) is 4.26. The summed E-state index contributed by atoms with van der Waals surface area (Å²) in [5.41, 5.74) is 1.15. The van der Waals surface area contributed by atoms with Crippen molar-refractivity contribution in [2.45, 2.75) is 38.5 Å². The monoisotopic (exact) mass is 320 g/mol. The molecule has 3 atom stereocenters. The summed E-state index contributed by atoms with van der Waals surface area (Å²) >= 11 is 0. The lowest BCUT2D eigenvalue weighted by atomic mass is 9.83. The van der Waals surface area contributed by atoms with Crippen molar-refractivity contribution in [3.05, 3.63) is 40.8 Å². The standard InChI is InChI=1S/C18H24O3S/c1-12(2)17(18(19)21-4)15-6-5-7-16(15)22(20)14-10-8-13(3)9-11-14/h7-12,15,17H,5-6H2,1-4H3/t15-,17+,22-/m0/s1. The molecule has 1 aliphatic carbocycles. The molecule has 0 saturated heterocycles. The van der Waals surface area contributed by atoms with Crippen molar-refractivity contribution in [2.24, 2.45) is 17.8 Å². The Morgan fingerprint density at radius 2 is 1.91 bits per heavy atom. The number of hydrogen-bond donors (Lipinski definition) is 0. The number of benzene rings is 1. The highest BCUT2D eigenvalue weighted by Crippen LogP contribution is 2.40. The van der Waals surface area contributed by atoms with E-state index >= 15 is 0 Å². The maximum Gasteiger partial charge on any atom is 0.309 e. The highest BCUT2D eigenvalue weighted by atomic mass is 32.2. The van der Waals surface area contributed by atoms with Gasteiger partial charge in [0.2, 0.25) is 0 Å². The third kappa shape index (κ3) is 3.49. The average molecular weight is 320 g/mol. The molecule has 2 rings (SSSR count). The summed E-state index contributed by atoms with van der Waals surface area (Å²) in [5.74, 6) is -0.259. The van der Waals surface area contributed by atoms with Crippen LogP contribution < -0.4 is 0 Å². The zero-order chi connectivity index (χ0) is 16.3. The van der Waals surface area contributed by atoms with Crippen molar-refractivity contribution in [1.82, 2.24) is 0 Å². The Balaban J connectivity index is 2.27. The van der Waals surface area contributed by atoms with Gasteiger partial charge in [0.15, 0.2) is 0 Å². The van der Waals surface area contributed by atoms with Crippen LogP contribution in [0.25, 0.3) is 0 Å². The fourth-order valence-corrected chi connectivity index (χ4v) is 4.57. The zero-order valence-electron chi connectivity index (χ0n) is 13.7. The Kier molecular flexibility index (Phi) is 5.57. The van der Waals surface area contributed by atoms with Crippen molar-refractivity contribution >= 4 is 16.8 Å². The van der Waals surface area contributed by atoms with E-state index in [9.17, 15) is 9.00 Å². The molecule has 120 valence electrons. The molecule has 1 aromatic carbocycles. The van der Waals surface area contributed by atoms with Crippen molar-refractivity contribution in [3.63, 3.8) is 0 Å². The second kappa shape index (κ2) is 7.23. The summed E-state index contributed by atoms with van der Waals surface area (Å²) in [6.07, 6.45) is 3.78. The molecule has 22 heavy (non-hydrogen) atoms. The maximum atomic E-state index is 12.9. The molecule has 0 aromatic heterocycles. The minimum atomic E-state index is -1.20. The second-order valence-electron chi connectivity index (χ2n) is 6.17. The van der Waals surface area contributed by atoms with Crippen LogP contribution in [-0.4, -0.2) is 17.3 Å².